The highest BCUT2D eigenvalue weighted by Crippen LogP contribution is 2.25. The number of hydrogen-bond donors (Lipinski definition) is 2. The van der Waals surface area contributed by atoms with Crippen molar-refractivity contribution in [3.63, 3.8) is 0 Å². The van der Waals surface area contributed by atoms with Crippen LogP contribution in [0.15, 0.2) is 27.8 Å². The lowest BCUT2D eigenvalue weighted by atomic mass is 10.1. The molecular weight excluding hydrogens is 338 g/mol. The van der Waals surface area contributed by atoms with Gasteiger partial charge in [0.25, 0.3) is 0 Å². The first-order chi connectivity index (χ1) is 9.56. The summed E-state index contributed by atoms with van der Waals surface area (Å²) < 4.78 is 1.06. The molecule has 1 aromatic carbocycles. The molecular formula is C13H18BrN5S. The molecule has 1 aliphatic heterocycles. The van der Waals surface area contributed by atoms with Crippen LogP contribution in [-0.4, -0.2) is 49.5 Å². The Morgan fingerprint density at radius 1 is 1.40 bits per heavy atom. The van der Waals surface area contributed by atoms with E-state index in [9.17, 15) is 0 Å². The fraction of sp³-hybridized carbons (Fsp3) is 0.385. The summed E-state index contributed by atoms with van der Waals surface area (Å²) in [4.78, 5) is 4.70. The molecule has 108 valence electrons. The number of rotatable bonds is 3. The average Bonchev–Trinajstić information content (AvgIpc) is 2.41. The van der Waals surface area contributed by atoms with Crippen LogP contribution < -0.4 is 16.1 Å². The maximum absolute atomic E-state index is 5.36. The number of nitrogens with two attached hydrogens (primary N) is 1. The van der Waals surface area contributed by atoms with E-state index in [2.05, 4.69) is 49.4 Å². The maximum atomic E-state index is 5.36. The molecule has 1 saturated heterocycles. The third-order valence-electron chi connectivity index (χ3n) is 3.21. The van der Waals surface area contributed by atoms with Crippen LogP contribution in [0.25, 0.3) is 0 Å². The topological polar surface area (TPSA) is 56.9 Å². The second kappa shape index (κ2) is 7.01. The minimum absolute atomic E-state index is 0.166. The van der Waals surface area contributed by atoms with Crippen LogP contribution in [0.3, 0.4) is 0 Å². The second-order valence-electron chi connectivity index (χ2n) is 4.73. The molecule has 20 heavy (non-hydrogen) atoms. The number of halogens is 1. The molecule has 0 aromatic heterocycles. The molecule has 1 heterocycles. The number of nitrogens with one attached hydrogen (secondary N) is 1. The summed E-state index contributed by atoms with van der Waals surface area (Å²) in [5, 5.41) is 4.21. The van der Waals surface area contributed by atoms with Crippen molar-refractivity contribution in [3.8, 4) is 0 Å². The third kappa shape index (κ3) is 4.16. The number of nitrogens with zero attached hydrogens (tertiary/aromatic N) is 3. The van der Waals surface area contributed by atoms with Gasteiger partial charge < -0.3 is 15.5 Å². The van der Waals surface area contributed by atoms with E-state index in [4.69, 9.17) is 18.0 Å². The summed E-state index contributed by atoms with van der Waals surface area (Å²) in [6.07, 6.45) is 1.75. The normalized spacial score (nSPS) is 16.6. The lowest BCUT2D eigenvalue weighted by molar-refractivity contribution is 0.313. The number of hydrogen-bond acceptors (Lipinski definition) is 4. The third-order valence-corrected chi connectivity index (χ3v) is 3.80. The van der Waals surface area contributed by atoms with Gasteiger partial charge in [0.2, 0.25) is 0 Å². The molecule has 0 unspecified atom stereocenters. The van der Waals surface area contributed by atoms with Crippen LogP contribution in [0, 0.1) is 0 Å². The van der Waals surface area contributed by atoms with Gasteiger partial charge in [0, 0.05) is 41.9 Å². The monoisotopic (exact) mass is 355 g/mol. The van der Waals surface area contributed by atoms with E-state index in [-0.39, 0.29) is 5.11 Å². The van der Waals surface area contributed by atoms with Crippen LogP contribution in [0.5, 0.6) is 0 Å². The number of benzene rings is 1. The van der Waals surface area contributed by atoms with Crippen molar-refractivity contribution in [1.29, 1.82) is 0 Å². The lowest BCUT2D eigenvalue weighted by Gasteiger charge is -2.34. The fourth-order valence-electron chi connectivity index (χ4n) is 2.11. The largest absolute Gasteiger partial charge is 0.375 e. The number of thiocarbonyl (C=S) groups is 1. The molecule has 0 atom stereocenters. The minimum atomic E-state index is 0.166. The Kier molecular flexibility index (Phi) is 5.33. The van der Waals surface area contributed by atoms with Crippen molar-refractivity contribution in [2.75, 3.05) is 38.1 Å². The summed E-state index contributed by atoms with van der Waals surface area (Å²) in [5.74, 6) is 0. The zero-order valence-electron chi connectivity index (χ0n) is 11.3. The quantitative estimate of drug-likeness (QED) is 0.487. The molecule has 5 nitrogen and oxygen atoms in total. The van der Waals surface area contributed by atoms with E-state index < -0.39 is 0 Å². The maximum Gasteiger partial charge on any atom is 0.184 e. The zero-order chi connectivity index (χ0) is 14.5. The highest BCUT2D eigenvalue weighted by molar-refractivity contribution is 9.10. The van der Waals surface area contributed by atoms with E-state index in [0.717, 1.165) is 36.2 Å². The molecule has 0 radical (unpaired) electrons. The lowest BCUT2D eigenvalue weighted by Crippen LogP contribution is -2.44. The Morgan fingerprint density at radius 2 is 2.10 bits per heavy atom. The first-order valence-electron chi connectivity index (χ1n) is 6.38. The van der Waals surface area contributed by atoms with Crippen LogP contribution >= 0.6 is 28.1 Å². The first kappa shape index (κ1) is 15.2. The molecule has 2 rings (SSSR count). The molecule has 1 aliphatic rings. The van der Waals surface area contributed by atoms with Crippen molar-refractivity contribution < 1.29 is 0 Å². The molecule has 7 heteroatoms. The van der Waals surface area contributed by atoms with Crippen molar-refractivity contribution in [1.82, 2.24) is 10.3 Å². The molecule has 0 amide bonds. The predicted octanol–water partition coefficient (Wildman–Crippen LogP) is 1.37. The van der Waals surface area contributed by atoms with Gasteiger partial charge in [0.05, 0.1) is 6.21 Å². The Hall–Kier alpha value is -1.18. The van der Waals surface area contributed by atoms with E-state index in [0.29, 0.717) is 0 Å². The van der Waals surface area contributed by atoms with E-state index in [1.807, 2.05) is 12.1 Å². The summed E-state index contributed by atoms with van der Waals surface area (Å²) >= 11 is 8.26. The fourth-order valence-corrected chi connectivity index (χ4v) is 2.51. The Balaban J connectivity index is 2.19. The summed E-state index contributed by atoms with van der Waals surface area (Å²) in [6.45, 7) is 4.15. The van der Waals surface area contributed by atoms with Gasteiger partial charge in [0.15, 0.2) is 5.11 Å². The van der Waals surface area contributed by atoms with Crippen molar-refractivity contribution in [2.45, 2.75) is 0 Å². The van der Waals surface area contributed by atoms with E-state index in [1.54, 1.807) is 6.21 Å². The van der Waals surface area contributed by atoms with Crippen LogP contribution in [0.1, 0.15) is 5.56 Å². The smallest absolute Gasteiger partial charge is 0.184 e. The van der Waals surface area contributed by atoms with Crippen molar-refractivity contribution >= 4 is 45.2 Å². The molecule has 0 spiro atoms. The number of anilines is 1. The Labute approximate surface area is 132 Å². The van der Waals surface area contributed by atoms with Crippen LogP contribution in [0.2, 0.25) is 0 Å². The van der Waals surface area contributed by atoms with Crippen molar-refractivity contribution in [2.24, 2.45) is 10.8 Å². The number of piperazine rings is 1. The van der Waals surface area contributed by atoms with Gasteiger partial charge in [-0.2, -0.15) is 5.10 Å². The molecule has 1 aromatic rings. The highest BCUT2D eigenvalue weighted by Gasteiger charge is 2.16. The van der Waals surface area contributed by atoms with Gasteiger partial charge in [-0.3, -0.25) is 5.43 Å². The molecule has 0 bridgehead atoms. The standard InChI is InChI=1S/C13H18BrN5S/c1-18-4-6-19(7-5-18)12-8-11(14)3-2-10(12)9-16-17-13(15)20/h2-3,8-9H,4-7H2,1H3,(H3,15,17,20). The summed E-state index contributed by atoms with van der Waals surface area (Å²) in [6, 6.07) is 6.15. The number of hydrazone groups is 1. The summed E-state index contributed by atoms with van der Waals surface area (Å²) in [7, 11) is 2.15. The Bertz CT molecular complexity index is 511. The average molecular weight is 356 g/mol. The molecule has 0 saturated carbocycles. The molecule has 0 aliphatic carbocycles. The van der Waals surface area contributed by atoms with Gasteiger partial charge in [-0.05, 0) is 31.4 Å². The van der Waals surface area contributed by atoms with Crippen molar-refractivity contribution in [3.05, 3.63) is 28.2 Å². The highest BCUT2D eigenvalue weighted by atomic mass is 79.9. The van der Waals surface area contributed by atoms with E-state index in [1.165, 1.54) is 5.69 Å². The number of likely N-dealkylation sites (N-methyl/N-ethyl adjacent to an activating group) is 1. The van der Waals surface area contributed by atoms with Crippen LogP contribution in [-0.2, 0) is 0 Å². The van der Waals surface area contributed by atoms with Gasteiger partial charge in [-0.1, -0.05) is 22.0 Å². The van der Waals surface area contributed by atoms with Gasteiger partial charge in [-0.25, -0.2) is 0 Å². The van der Waals surface area contributed by atoms with Gasteiger partial charge >= 0.3 is 0 Å². The summed E-state index contributed by atoms with van der Waals surface area (Å²) in [5.41, 5.74) is 10.2. The SMILES string of the molecule is CN1CCN(c2cc(Br)ccc2C=NNC(N)=S)CC1. The van der Waals surface area contributed by atoms with Crippen LogP contribution in [0.4, 0.5) is 5.69 Å². The minimum Gasteiger partial charge on any atom is -0.375 e. The van der Waals surface area contributed by atoms with Gasteiger partial charge in [-0.15, -0.1) is 0 Å². The second-order valence-corrected chi connectivity index (χ2v) is 6.08. The predicted molar refractivity (Wildman–Crippen MR) is 91.4 cm³/mol. The molecule has 3 N–H and O–H groups in total. The first-order valence-corrected chi connectivity index (χ1v) is 7.58. The van der Waals surface area contributed by atoms with Gasteiger partial charge in [0.1, 0.15) is 0 Å². The Morgan fingerprint density at radius 3 is 2.75 bits per heavy atom. The zero-order valence-corrected chi connectivity index (χ0v) is 13.7. The van der Waals surface area contributed by atoms with E-state index >= 15 is 0 Å². The molecule has 1 fully saturated rings.